The van der Waals surface area contributed by atoms with Gasteiger partial charge in [0.05, 0.1) is 11.4 Å². The molecule has 1 unspecified atom stereocenters. The SMILES string of the molecule is CC(OC(=O)Cc1cc(Cl)c2c(c1)OCCO2)C(=O)c1c(N)n(C)c(=O)n(C)c1=O. The molecule has 0 saturated carbocycles. The summed E-state index contributed by atoms with van der Waals surface area (Å²) in [5.74, 6) is -0.998. The Hall–Kier alpha value is -3.27. The molecule has 0 spiro atoms. The van der Waals surface area contributed by atoms with Crippen LogP contribution in [-0.4, -0.2) is 40.2 Å². The number of nitrogens with zero attached hydrogens (tertiary/aromatic N) is 2. The Kier molecular flexibility index (Phi) is 5.88. The Morgan fingerprint density at radius 2 is 1.87 bits per heavy atom. The van der Waals surface area contributed by atoms with E-state index >= 15 is 0 Å². The maximum atomic E-state index is 12.7. The number of anilines is 1. The van der Waals surface area contributed by atoms with Crippen LogP contribution in [0.5, 0.6) is 11.5 Å². The van der Waals surface area contributed by atoms with Crippen molar-refractivity contribution in [2.24, 2.45) is 14.1 Å². The van der Waals surface area contributed by atoms with Crippen molar-refractivity contribution < 1.29 is 23.8 Å². The van der Waals surface area contributed by atoms with Gasteiger partial charge in [0.15, 0.2) is 17.6 Å². The van der Waals surface area contributed by atoms with E-state index in [9.17, 15) is 19.2 Å². The van der Waals surface area contributed by atoms with Crippen molar-refractivity contribution in [1.82, 2.24) is 9.13 Å². The van der Waals surface area contributed by atoms with Crippen molar-refractivity contribution in [3.63, 3.8) is 0 Å². The van der Waals surface area contributed by atoms with Crippen LogP contribution >= 0.6 is 11.6 Å². The molecular formula is C19H20ClN3O7. The minimum atomic E-state index is -1.29. The molecule has 0 radical (unpaired) electrons. The molecule has 0 bridgehead atoms. The van der Waals surface area contributed by atoms with Crippen LogP contribution in [0, 0.1) is 0 Å². The van der Waals surface area contributed by atoms with Crippen molar-refractivity contribution in [3.05, 3.63) is 49.1 Å². The summed E-state index contributed by atoms with van der Waals surface area (Å²) in [4.78, 5) is 49.2. The number of halogens is 1. The fourth-order valence-electron chi connectivity index (χ4n) is 3.02. The molecule has 2 N–H and O–H groups in total. The maximum absolute atomic E-state index is 12.7. The fourth-order valence-corrected chi connectivity index (χ4v) is 3.31. The third kappa shape index (κ3) is 3.90. The maximum Gasteiger partial charge on any atom is 0.332 e. The number of hydrogen-bond acceptors (Lipinski definition) is 8. The van der Waals surface area contributed by atoms with Crippen molar-refractivity contribution in [2.75, 3.05) is 18.9 Å². The number of rotatable bonds is 5. The molecular weight excluding hydrogens is 418 g/mol. The molecule has 11 heteroatoms. The first kappa shape index (κ1) is 21.4. The standard InChI is InChI=1S/C19H20ClN3O7/c1-9(15(25)14-17(21)22(2)19(27)23(3)18(14)26)30-13(24)8-10-6-11(20)16-12(7-10)28-4-5-29-16/h6-7,9H,4-5,8,21H2,1-3H3. The lowest BCUT2D eigenvalue weighted by Gasteiger charge is -2.20. The number of fused-ring (bicyclic) bond motifs is 1. The van der Waals surface area contributed by atoms with Gasteiger partial charge in [-0.15, -0.1) is 0 Å². The van der Waals surface area contributed by atoms with Gasteiger partial charge in [0.1, 0.15) is 24.6 Å². The van der Waals surface area contributed by atoms with Crippen LogP contribution in [0.4, 0.5) is 5.82 Å². The zero-order valence-electron chi connectivity index (χ0n) is 16.6. The van der Waals surface area contributed by atoms with E-state index in [0.29, 0.717) is 35.3 Å². The largest absolute Gasteiger partial charge is 0.486 e. The molecule has 30 heavy (non-hydrogen) atoms. The van der Waals surface area contributed by atoms with Crippen molar-refractivity contribution in [2.45, 2.75) is 19.4 Å². The summed E-state index contributed by atoms with van der Waals surface area (Å²) in [7, 11) is 2.55. The Morgan fingerprint density at radius 3 is 2.57 bits per heavy atom. The second-order valence-corrected chi connectivity index (χ2v) is 7.15. The number of nitrogen functional groups attached to an aromatic ring is 1. The van der Waals surface area contributed by atoms with Crippen molar-refractivity contribution in [1.29, 1.82) is 0 Å². The first-order chi connectivity index (χ1) is 14.1. The third-order valence-electron chi connectivity index (χ3n) is 4.64. The highest BCUT2D eigenvalue weighted by Gasteiger charge is 2.27. The van der Waals surface area contributed by atoms with Gasteiger partial charge in [0, 0.05) is 14.1 Å². The number of aromatic nitrogens is 2. The molecule has 160 valence electrons. The van der Waals surface area contributed by atoms with E-state index in [0.717, 1.165) is 9.13 Å². The molecule has 2 heterocycles. The molecule has 1 atom stereocenters. The predicted molar refractivity (Wildman–Crippen MR) is 107 cm³/mol. The number of carbonyl (C=O) groups is 2. The van der Waals surface area contributed by atoms with Crippen LogP contribution in [0.15, 0.2) is 21.7 Å². The summed E-state index contributed by atoms with van der Waals surface area (Å²) in [5, 5.41) is 0.292. The molecule has 0 fully saturated rings. The number of Topliss-reactive ketones (excluding diaryl/α,β-unsaturated/α-hetero) is 1. The van der Waals surface area contributed by atoms with Crippen LogP contribution in [-0.2, 0) is 30.0 Å². The molecule has 1 aromatic carbocycles. The van der Waals surface area contributed by atoms with E-state index < -0.39 is 34.7 Å². The smallest absolute Gasteiger partial charge is 0.332 e. The van der Waals surface area contributed by atoms with Crippen LogP contribution in [0.3, 0.4) is 0 Å². The normalized spacial score (nSPS) is 13.6. The molecule has 10 nitrogen and oxygen atoms in total. The van der Waals surface area contributed by atoms with E-state index in [2.05, 4.69) is 0 Å². The summed E-state index contributed by atoms with van der Waals surface area (Å²) in [6.07, 6.45) is -1.48. The van der Waals surface area contributed by atoms with Crippen LogP contribution in [0.25, 0.3) is 0 Å². The number of nitrogens with two attached hydrogens (primary N) is 1. The quantitative estimate of drug-likeness (QED) is 0.526. The van der Waals surface area contributed by atoms with Gasteiger partial charge in [-0.05, 0) is 24.6 Å². The minimum Gasteiger partial charge on any atom is -0.486 e. The fraction of sp³-hybridized carbons (Fsp3) is 0.368. The Labute approximate surface area is 175 Å². The van der Waals surface area contributed by atoms with E-state index in [1.54, 1.807) is 12.1 Å². The lowest BCUT2D eigenvalue weighted by molar-refractivity contribution is -0.145. The average Bonchev–Trinajstić information content (AvgIpc) is 2.70. The highest BCUT2D eigenvalue weighted by atomic mass is 35.5. The topological polar surface area (TPSA) is 132 Å². The van der Waals surface area contributed by atoms with Crippen LogP contribution < -0.4 is 26.5 Å². The Balaban J connectivity index is 1.77. The van der Waals surface area contributed by atoms with E-state index in [1.165, 1.54) is 21.0 Å². The number of benzene rings is 1. The first-order valence-corrected chi connectivity index (χ1v) is 9.36. The number of ether oxygens (including phenoxy) is 3. The molecule has 0 amide bonds. The molecule has 2 aromatic rings. The molecule has 0 saturated heterocycles. The molecule has 0 aliphatic carbocycles. The average molecular weight is 438 g/mol. The van der Waals surface area contributed by atoms with E-state index in [-0.39, 0.29) is 12.2 Å². The molecule has 1 aliphatic rings. The molecule has 3 rings (SSSR count). The summed E-state index contributed by atoms with van der Waals surface area (Å²) in [6, 6.07) is 3.15. The Bertz CT molecular complexity index is 1150. The number of esters is 1. The highest BCUT2D eigenvalue weighted by Crippen LogP contribution is 2.38. The monoisotopic (exact) mass is 437 g/mol. The molecule has 1 aromatic heterocycles. The molecule has 1 aliphatic heterocycles. The van der Waals surface area contributed by atoms with Gasteiger partial charge in [-0.2, -0.15) is 0 Å². The van der Waals surface area contributed by atoms with Gasteiger partial charge in [0.25, 0.3) is 5.56 Å². The zero-order valence-corrected chi connectivity index (χ0v) is 17.3. The van der Waals surface area contributed by atoms with Gasteiger partial charge in [-0.25, -0.2) is 4.79 Å². The second kappa shape index (κ2) is 8.23. The van der Waals surface area contributed by atoms with Crippen molar-refractivity contribution in [3.8, 4) is 11.5 Å². The van der Waals surface area contributed by atoms with Crippen molar-refractivity contribution >= 4 is 29.2 Å². The lowest BCUT2D eigenvalue weighted by atomic mass is 10.1. The van der Waals surface area contributed by atoms with E-state index in [1.807, 2.05) is 0 Å². The van der Waals surface area contributed by atoms with Crippen LogP contribution in [0.2, 0.25) is 5.02 Å². The minimum absolute atomic E-state index is 0.186. The highest BCUT2D eigenvalue weighted by molar-refractivity contribution is 6.32. The summed E-state index contributed by atoms with van der Waals surface area (Å²) in [6.45, 7) is 2.06. The van der Waals surface area contributed by atoms with Gasteiger partial charge < -0.3 is 19.9 Å². The number of carbonyl (C=O) groups excluding carboxylic acids is 2. The van der Waals surface area contributed by atoms with Gasteiger partial charge in [-0.3, -0.25) is 23.5 Å². The van der Waals surface area contributed by atoms with Gasteiger partial charge >= 0.3 is 11.7 Å². The predicted octanol–water partition coefficient (Wildman–Crippen LogP) is 0.448. The Morgan fingerprint density at radius 1 is 1.20 bits per heavy atom. The summed E-state index contributed by atoms with van der Waals surface area (Å²) < 4.78 is 17.8. The first-order valence-electron chi connectivity index (χ1n) is 8.99. The number of ketones is 1. The third-order valence-corrected chi connectivity index (χ3v) is 4.92. The van der Waals surface area contributed by atoms with Crippen LogP contribution in [0.1, 0.15) is 22.8 Å². The van der Waals surface area contributed by atoms with Gasteiger partial charge in [0.2, 0.25) is 5.78 Å². The second-order valence-electron chi connectivity index (χ2n) is 6.74. The van der Waals surface area contributed by atoms with E-state index in [4.69, 9.17) is 31.5 Å². The lowest BCUT2D eigenvalue weighted by Crippen LogP contribution is -2.43. The van der Waals surface area contributed by atoms with Gasteiger partial charge in [-0.1, -0.05) is 11.6 Å². The summed E-state index contributed by atoms with van der Waals surface area (Å²) in [5.41, 5.74) is 4.34. The summed E-state index contributed by atoms with van der Waals surface area (Å²) >= 11 is 6.15. The zero-order chi connectivity index (χ0) is 22.2. The number of hydrogen-bond donors (Lipinski definition) is 1.